The largest absolute Gasteiger partial charge is 0.511 e. The lowest BCUT2D eigenvalue weighted by Crippen LogP contribution is -2.34. The summed E-state index contributed by atoms with van der Waals surface area (Å²) >= 11 is 0. The Kier molecular flexibility index (Phi) is 3.60. The predicted molar refractivity (Wildman–Crippen MR) is 53.3 cm³/mol. The van der Waals surface area contributed by atoms with E-state index in [0.29, 0.717) is 6.61 Å². The van der Waals surface area contributed by atoms with Crippen LogP contribution >= 0.6 is 0 Å². The van der Waals surface area contributed by atoms with Gasteiger partial charge in [-0.1, -0.05) is 19.3 Å². The van der Waals surface area contributed by atoms with Crippen molar-refractivity contribution in [3.63, 3.8) is 0 Å². The SMILES string of the molecule is CC(C)COc1cncc([B-](F)(F)F)c1. The van der Waals surface area contributed by atoms with Crippen molar-refractivity contribution in [2.24, 2.45) is 5.92 Å². The molecule has 1 aromatic rings. The summed E-state index contributed by atoms with van der Waals surface area (Å²) in [7, 11) is 0. The highest BCUT2D eigenvalue weighted by Crippen LogP contribution is 2.13. The van der Waals surface area contributed by atoms with E-state index in [0.717, 1.165) is 12.3 Å². The molecule has 0 bridgehead atoms. The molecular formula is C9H12BF3NO-. The maximum Gasteiger partial charge on any atom is 0.511 e. The third-order valence-corrected chi connectivity index (χ3v) is 1.70. The van der Waals surface area contributed by atoms with Gasteiger partial charge in [-0.15, -0.1) is 0 Å². The highest BCUT2D eigenvalue weighted by molar-refractivity contribution is 6.73. The van der Waals surface area contributed by atoms with Crippen molar-refractivity contribution < 1.29 is 17.7 Å². The Morgan fingerprint density at radius 2 is 2.00 bits per heavy atom. The molecule has 6 heteroatoms. The van der Waals surface area contributed by atoms with E-state index in [2.05, 4.69) is 4.98 Å². The molecule has 0 spiro atoms. The Morgan fingerprint density at radius 1 is 1.33 bits per heavy atom. The van der Waals surface area contributed by atoms with Crippen molar-refractivity contribution in [2.75, 3.05) is 6.61 Å². The lowest BCUT2D eigenvalue weighted by atomic mass is 9.81. The molecule has 0 saturated carbocycles. The van der Waals surface area contributed by atoms with Crippen LogP contribution in [0.5, 0.6) is 5.75 Å². The van der Waals surface area contributed by atoms with Crippen LogP contribution in [0.4, 0.5) is 12.9 Å². The molecule has 0 N–H and O–H groups in total. The van der Waals surface area contributed by atoms with Gasteiger partial charge in [-0.05, 0) is 12.0 Å². The van der Waals surface area contributed by atoms with E-state index in [9.17, 15) is 12.9 Å². The fourth-order valence-corrected chi connectivity index (χ4v) is 0.956. The Bertz CT molecular complexity index is 327. The van der Waals surface area contributed by atoms with Crippen LogP contribution in [0.25, 0.3) is 0 Å². The van der Waals surface area contributed by atoms with Crippen LogP contribution in [0.1, 0.15) is 13.8 Å². The molecule has 0 radical (unpaired) electrons. The summed E-state index contributed by atoms with van der Waals surface area (Å²) in [5, 5.41) is 0. The zero-order chi connectivity index (χ0) is 11.5. The number of hydrogen-bond donors (Lipinski definition) is 0. The number of halogens is 3. The molecule has 0 saturated heterocycles. The molecule has 15 heavy (non-hydrogen) atoms. The van der Waals surface area contributed by atoms with E-state index in [1.807, 2.05) is 13.8 Å². The zero-order valence-corrected chi connectivity index (χ0v) is 8.58. The van der Waals surface area contributed by atoms with E-state index in [1.54, 1.807) is 0 Å². The normalized spacial score (nSPS) is 11.9. The maximum atomic E-state index is 12.3. The lowest BCUT2D eigenvalue weighted by Gasteiger charge is -2.15. The summed E-state index contributed by atoms with van der Waals surface area (Å²) in [6, 6.07) is 0.982. The Balaban J connectivity index is 2.75. The summed E-state index contributed by atoms with van der Waals surface area (Å²) in [5.74, 6) is 0.436. The molecule has 0 aliphatic rings. The Labute approximate surface area is 86.5 Å². The van der Waals surface area contributed by atoms with Crippen molar-refractivity contribution in [3.8, 4) is 5.75 Å². The van der Waals surface area contributed by atoms with Gasteiger partial charge in [0.25, 0.3) is 0 Å². The fraction of sp³-hybridized carbons (Fsp3) is 0.444. The average molecular weight is 218 g/mol. The highest BCUT2D eigenvalue weighted by atomic mass is 19.4. The van der Waals surface area contributed by atoms with Crippen molar-refractivity contribution in [1.82, 2.24) is 4.98 Å². The van der Waals surface area contributed by atoms with Crippen molar-refractivity contribution >= 4 is 12.4 Å². The predicted octanol–water partition coefficient (Wildman–Crippen LogP) is 2.17. The third-order valence-electron chi connectivity index (χ3n) is 1.70. The van der Waals surface area contributed by atoms with Crippen LogP contribution in [-0.2, 0) is 0 Å². The van der Waals surface area contributed by atoms with Gasteiger partial charge in [0, 0.05) is 6.20 Å². The van der Waals surface area contributed by atoms with E-state index >= 15 is 0 Å². The molecule has 0 aromatic carbocycles. The molecular weight excluding hydrogens is 206 g/mol. The van der Waals surface area contributed by atoms with Gasteiger partial charge in [0.05, 0.1) is 12.8 Å². The van der Waals surface area contributed by atoms with Crippen molar-refractivity contribution in [3.05, 3.63) is 18.5 Å². The summed E-state index contributed by atoms with van der Waals surface area (Å²) in [4.78, 5) is 3.50. The smallest absolute Gasteiger partial charge is 0.492 e. The van der Waals surface area contributed by atoms with E-state index in [1.165, 1.54) is 6.20 Å². The van der Waals surface area contributed by atoms with Crippen LogP contribution < -0.4 is 10.2 Å². The molecule has 0 amide bonds. The summed E-state index contributed by atoms with van der Waals surface area (Å²) in [5.41, 5.74) is -0.726. The van der Waals surface area contributed by atoms with Gasteiger partial charge in [0.1, 0.15) is 5.75 Å². The Morgan fingerprint density at radius 3 is 2.53 bits per heavy atom. The first-order valence-electron chi connectivity index (χ1n) is 4.67. The molecule has 2 nitrogen and oxygen atoms in total. The summed E-state index contributed by atoms with van der Waals surface area (Å²) in [6.07, 6.45) is 2.09. The Hall–Kier alpha value is -1.20. The monoisotopic (exact) mass is 218 g/mol. The van der Waals surface area contributed by atoms with Gasteiger partial charge in [-0.2, -0.15) is 0 Å². The van der Waals surface area contributed by atoms with Gasteiger partial charge >= 0.3 is 6.98 Å². The summed E-state index contributed by atoms with van der Waals surface area (Å²) < 4.78 is 42.2. The number of hydrogen-bond acceptors (Lipinski definition) is 2. The van der Waals surface area contributed by atoms with Gasteiger partial charge in [0.2, 0.25) is 0 Å². The first kappa shape index (κ1) is 11.9. The maximum absolute atomic E-state index is 12.3. The second-order valence-corrected chi connectivity index (χ2v) is 3.73. The second kappa shape index (κ2) is 4.55. The van der Waals surface area contributed by atoms with E-state index < -0.39 is 12.4 Å². The second-order valence-electron chi connectivity index (χ2n) is 3.73. The molecule has 0 aliphatic heterocycles. The van der Waals surface area contributed by atoms with Crippen molar-refractivity contribution in [2.45, 2.75) is 13.8 Å². The summed E-state index contributed by atoms with van der Waals surface area (Å²) in [6.45, 7) is -0.769. The third kappa shape index (κ3) is 3.81. The number of ether oxygens (including phenoxy) is 1. The minimum Gasteiger partial charge on any atom is -0.492 e. The van der Waals surface area contributed by atoms with Crippen LogP contribution in [0.3, 0.4) is 0 Å². The fourth-order valence-electron chi connectivity index (χ4n) is 0.956. The number of pyridine rings is 1. The minimum absolute atomic E-state index is 0.167. The molecule has 0 fully saturated rings. The molecule has 1 heterocycles. The number of nitrogens with zero attached hydrogens (tertiary/aromatic N) is 1. The van der Waals surface area contributed by atoms with E-state index in [4.69, 9.17) is 4.74 Å². The lowest BCUT2D eigenvalue weighted by molar-refractivity contribution is 0.270. The number of rotatable bonds is 4. The minimum atomic E-state index is -5.00. The molecule has 84 valence electrons. The molecule has 0 atom stereocenters. The van der Waals surface area contributed by atoms with Gasteiger partial charge in [-0.3, -0.25) is 4.98 Å². The van der Waals surface area contributed by atoms with Gasteiger partial charge in [0.15, 0.2) is 0 Å². The van der Waals surface area contributed by atoms with Gasteiger partial charge < -0.3 is 17.7 Å². The van der Waals surface area contributed by atoms with Gasteiger partial charge in [-0.25, -0.2) is 0 Å². The van der Waals surface area contributed by atoms with Crippen LogP contribution in [-0.4, -0.2) is 18.6 Å². The molecule has 0 aliphatic carbocycles. The average Bonchev–Trinajstić information content (AvgIpc) is 2.14. The molecule has 1 rings (SSSR count). The van der Waals surface area contributed by atoms with Crippen molar-refractivity contribution in [1.29, 1.82) is 0 Å². The number of aromatic nitrogens is 1. The quantitative estimate of drug-likeness (QED) is 0.722. The van der Waals surface area contributed by atoms with Crippen LogP contribution in [0, 0.1) is 5.92 Å². The van der Waals surface area contributed by atoms with Crippen LogP contribution in [0.2, 0.25) is 0 Å². The van der Waals surface area contributed by atoms with E-state index in [-0.39, 0.29) is 11.7 Å². The first-order chi connectivity index (χ1) is 6.89. The standard InChI is InChI=1S/C9H12BF3NO/c1-7(2)6-15-9-3-8(4-14-5-9)10(11,12)13/h3-5,7H,6H2,1-2H3/q-1. The molecule has 0 unspecified atom stereocenters. The molecule has 1 aromatic heterocycles. The first-order valence-corrected chi connectivity index (χ1v) is 4.67. The van der Waals surface area contributed by atoms with Crippen LogP contribution in [0.15, 0.2) is 18.5 Å². The highest BCUT2D eigenvalue weighted by Gasteiger charge is 2.26. The zero-order valence-electron chi connectivity index (χ0n) is 8.58. The topological polar surface area (TPSA) is 22.1 Å².